The van der Waals surface area contributed by atoms with Crippen molar-refractivity contribution in [1.82, 2.24) is 4.98 Å². The monoisotopic (exact) mass is 327 g/mol. The molecule has 6 nitrogen and oxygen atoms in total. The first-order valence-electron chi connectivity index (χ1n) is 7.60. The van der Waals surface area contributed by atoms with Crippen LogP contribution >= 0.6 is 0 Å². The maximum Gasteiger partial charge on any atom is 0.272 e. The molecule has 2 rings (SSSR count). The molecule has 0 bridgehead atoms. The number of Topliss-reactive ketones (excluding diaryl/α,β-unsaturated/α-hetero) is 1. The minimum absolute atomic E-state index is 0.0733. The predicted molar refractivity (Wildman–Crippen MR) is 93.7 cm³/mol. The van der Waals surface area contributed by atoms with Gasteiger partial charge in [0.1, 0.15) is 5.69 Å². The van der Waals surface area contributed by atoms with Crippen LogP contribution in [0.1, 0.15) is 51.5 Å². The van der Waals surface area contributed by atoms with Gasteiger partial charge in [-0.2, -0.15) is 0 Å². The van der Waals surface area contributed by atoms with Gasteiger partial charge in [-0.3, -0.25) is 14.4 Å². The zero-order chi connectivity index (χ0) is 18.0. The molecule has 3 N–H and O–H groups in total. The summed E-state index contributed by atoms with van der Waals surface area (Å²) in [6, 6.07) is 5.23. The highest BCUT2D eigenvalue weighted by Gasteiger charge is 2.19. The van der Waals surface area contributed by atoms with Crippen molar-refractivity contribution in [2.45, 2.75) is 34.6 Å². The summed E-state index contributed by atoms with van der Waals surface area (Å²) in [6.45, 7) is 8.29. The zero-order valence-corrected chi connectivity index (χ0v) is 14.5. The molecule has 2 amide bonds. The highest BCUT2D eigenvalue weighted by molar-refractivity contribution is 6.07. The molecule has 0 aliphatic carbocycles. The first kappa shape index (κ1) is 17.5. The molecule has 2 aromatic rings. The molecule has 0 aliphatic heterocycles. The normalized spacial score (nSPS) is 10.4. The highest BCUT2D eigenvalue weighted by Crippen LogP contribution is 2.22. The third-order valence-corrected chi connectivity index (χ3v) is 3.81. The Bertz CT molecular complexity index is 834. The van der Waals surface area contributed by atoms with Gasteiger partial charge < -0.3 is 15.6 Å². The number of carbonyl (C=O) groups is 3. The van der Waals surface area contributed by atoms with Crippen LogP contribution in [0.25, 0.3) is 0 Å². The van der Waals surface area contributed by atoms with Crippen LogP contribution in [0, 0.1) is 20.8 Å². The van der Waals surface area contributed by atoms with Crippen molar-refractivity contribution in [1.29, 1.82) is 0 Å². The Kier molecular flexibility index (Phi) is 4.87. The Morgan fingerprint density at radius 1 is 1.00 bits per heavy atom. The number of H-pyrrole nitrogens is 1. The summed E-state index contributed by atoms with van der Waals surface area (Å²) in [4.78, 5) is 38.2. The van der Waals surface area contributed by atoms with Crippen LogP contribution in [-0.4, -0.2) is 22.6 Å². The van der Waals surface area contributed by atoms with Crippen molar-refractivity contribution in [2.75, 3.05) is 10.6 Å². The summed E-state index contributed by atoms with van der Waals surface area (Å²) in [5, 5.41) is 5.53. The minimum Gasteiger partial charge on any atom is -0.354 e. The number of benzene rings is 1. The van der Waals surface area contributed by atoms with E-state index < -0.39 is 0 Å². The molecular formula is C18H21N3O3. The number of amides is 2. The maximum atomic E-state index is 12.5. The number of hydrogen-bond acceptors (Lipinski definition) is 3. The maximum absolute atomic E-state index is 12.5. The second kappa shape index (κ2) is 6.70. The Balaban J connectivity index is 2.24. The number of hydrogen-bond donors (Lipinski definition) is 3. The lowest BCUT2D eigenvalue weighted by Gasteiger charge is -2.10. The predicted octanol–water partition coefficient (Wildman–Crippen LogP) is 3.35. The van der Waals surface area contributed by atoms with Crippen molar-refractivity contribution in [2.24, 2.45) is 0 Å². The fourth-order valence-corrected chi connectivity index (χ4v) is 2.77. The van der Waals surface area contributed by atoms with Crippen LogP contribution < -0.4 is 10.6 Å². The lowest BCUT2D eigenvalue weighted by atomic mass is 10.1. The van der Waals surface area contributed by atoms with Crippen LogP contribution in [-0.2, 0) is 4.79 Å². The Morgan fingerprint density at radius 2 is 1.67 bits per heavy atom. The lowest BCUT2D eigenvalue weighted by Crippen LogP contribution is -2.14. The molecule has 6 heteroatoms. The summed E-state index contributed by atoms with van der Waals surface area (Å²) in [5.74, 6) is -0.533. The Hall–Kier alpha value is -2.89. The summed E-state index contributed by atoms with van der Waals surface area (Å²) in [7, 11) is 0. The van der Waals surface area contributed by atoms with E-state index in [-0.39, 0.29) is 17.6 Å². The van der Waals surface area contributed by atoms with Crippen LogP contribution in [0.4, 0.5) is 11.4 Å². The second-order valence-corrected chi connectivity index (χ2v) is 5.85. The minimum atomic E-state index is -0.310. The van der Waals surface area contributed by atoms with Crippen LogP contribution in [0.5, 0.6) is 0 Å². The van der Waals surface area contributed by atoms with Gasteiger partial charge in [-0.15, -0.1) is 0 Å². The molecule has 24 heavy (non-hydrogen) atoms. The van der Waals surface area contributed by atoms with E-state index in [1.807, 2.05) is 6.92 Å². The first-order valence-corrected chi connectivity index (χ1v) is 7.60. The van der Waals surface area contributed by atoms with Gasteiger partial charge in [0.05, 0.1) is 0 Å². The fourth-order valence-electron chi connectivity index (χ4n) is 2.77. The molecule has 0 aliphatic rings. The standard InChI is InChI=1S/C18H21N3O3/c1-9-8-14(6-7-15(9)20-13(5)23)21-18(24)17-10(2)16(12(4)22)11(3)19-17/h6-8,19H,1-5H3,(H,20,23)(H,21,24). The number of aryl methyl sites for hydroxylation is 2. The number of anilines is 2. The summed E-state index contributed by atoms with van der Waals surface area (Å²) in [5.41, 5.74) is 4.41. The molecule has 0 spiro atoms. The molecule has 0 saturated carbocycles. The summed E-state index contributed by atoms with van der Waals surface area (Å²) >= 11 is 0. The van der Waals surface area contributed by atoms with Crippen LogP contribution in [0.2, 0.25) is 0 Å². The molecule has 0 unspecified atom stereocenters. The van der Waals surface area contributed by atoms with E-state index in [1.54, 1.807) is 32.0 Å². The average molecular weight is 327 g/mol. The van der Waals surface area contributed by atoms with Gasteiger partial charge in [0, 0.05) is 29.6 Å². The molecule has 0 atom stereocenters. The molecule has 1 aromatic carbocycles. The Morgan fingerprint density at radius 3 is 2.17 bits per heavy atom. The van der Waals surface area contributed by atoms with Crippen LogP contribution in [0.15, 0.2) is 18.2 Å². The van der Waals surface area contributed by atoms with Crippen molar-refractivity contribution in [3.05, 3.63) is 46.3 Å². The number of carbonyl (C=O) groups excluding carboxylic acids is 3. The smallest absolute Gasteiger partial charge is 0.272 e. The average Bonchev–Trinajstić information content (AvgIpc) is 2.76. The molecular weight excluding hydrogens is 306 g/mol. The number of aromatic nitrogens is 1. The number of nitrogens with one attached hydrogen (secondary N) is 3. The van der Waals surface area contributed by atoms with Gasteiger partial charge in [-0.1, -0.05) is 0 Å². The summed E-state index contributed by atoms with van der Waals surface area (Å²) < 4.78 is 0. The van der Waals surface area contributed by atoms with E-state index in [0.29, 0.717) is 33.9 Å². The van der Waals surface area contributed by atoms with Crippen molar-refractivity contribution >= 4 is 29.0 Å². The first-order chi connectivity index (χ1) is 11.2. The summed E-state index contributed by atoms with van der Waals surface area (Å²) in [6.07, 6.45) is 0. The van der Waals surface area contributed by atoms with Gasteiger partial charge in [0.25, 0.3) is 5.91 Å². The van der Waals surface area contributed by atoms with E-state index in [9.17, 15) is 14.4 Å². The molecule has 0 saturated heterocycles. The number of aromatic amines is 1. The topological polar surface area (TPSA) is 91.1 Å². The zero-order valence-electron chi connectivity index (χ0n) is 14.5. The SMILES string of the molecule is CC(=O)Nc1ccc(NC(=O)c2[nH]c(C)c(C(C)=O)c2C)cc1C. The van der Waals surface area contributed by atoms with E-state index in [1.165, 1.54) is 13.8 Å². The van der Waals surface area contributed by atoms with Crippen molar-refractivity contribution in [3.63, 3.8) is 0 Å². The second-order valence-electron chi connectivity index (χ2n) is 5.85. The third kappa shape index (κ3) is 3.53. The number of rotatable bonds is 4. The fraction of sp³-hybridized carbons (Fsp3) is 0.278. The van der Waals surface area contributed by atoms with Gasteiger partial charge >= 0.3 is 0 Å². The van der Waals surface area contributed by atoms with E-state index >= 15 is 0 Å². The number of ketones is 1. The van der Waals surface area contributed by atoms with E-state index in [2.05, 4.69) is 15.6 Å². The van der Waals surface area contributed by atoms with Gasteiger partial charge in [-0.25, -0.2) is 0 Å². The molecule has 126 valence electrons. The van der Waals surface area contributed by atoms with Gasteiger partial charge in [-0.05, 0) is 57.0 Å². The quantitative estimate of drug-likeness (QED) is 0.752. The van der Waals surface area contributed by atoms with E-state index in [4.69, 9.17) is 0 Å². The van der Waals surface area contributed by atoms with E-state index in [0.717, 1.165) is 5.56 Å². The molecule has 1 aromatic heterocycles. The largest absolute Gasteiger partial charge is 0.354 e. The molecule has 1 heterocycles. The van der Waals surface area contributed by atoms with Crippen molar-refractivity contribution in [3.8, 4) is 0 Å². The lowest BCUT2D eigenvalue weighted by molar-refractivity contribution is -0.114. The molecule has 0 radical (unpaired) electrons. The Labute approximate surface area is 140 Å². The molecule has 0 fully saturated rings. The van der Waals surface area contributed by atoms with Gasteiger partial charge in [0.15, 0.2) is 5.78 Å². The third-order valence-electron chi connectivity index (χ3n) is 3.81. The highest BCUT2D eigenvalue weighted by atomic mass is 16.2. The van der Waals surface area contributed by atoms with Crippen LogP contribution in [0.3, 0.4) is 0 Å². The van der Waals surface area contributed by atoms with Gasteiger partial charge in [0.2, 0.25) is 5.91 Å². The van der Waals surface area contributed by atoms with Crippen molar-refractivity contribution < 1.29 is 14.4 Å².